The molecule has 13 heteroatoms. The van der Waals surface area contributed by atoms with Crippen LogP contribution in [0.5, 0.6) is 0 Å². The summed E-state index contributed by atoms with van der Waals surface area (Å²) in [6.07, 6.45) is 0.643. The Morgan fingerprint density at radius 1 is 1.29 bits per heavy atom. The summed E-state index contributed by atoms with van der Waals surface area (Å²) in [5.41, 5.74) is 6.04. The first kappa shape index (κ1) is 22.7. The molecule has 0 aromatic carbocycles. The van der Waals surface area contributed by atoms with E-state index in [0.717, 1.165) is 16.5 Å². The highest BCUT2D eigenvalue weighted by Gasteiger charge is 2.38. The molecule has 166 valence electrons. The van der Waals surface area contributed by atoms with Gasteiger partial charge in [-0.3, -0.25) is 19.2 Å². The Labute approximate surface area is 186 Å². The average Bonchev–Trinajstić information content (AvgIpc) is 3.35. The van der Waals surface area contributed by atoms with Gasteiger partial charge in [0.05, 0.1) is 10.7 Å². The Morgan fingerprint density at radius 2 is 2.03 bits per heavy atom. The number of thiazole rings is 1. The summed E-state index contributed by atoms with van der Waals surface area (Å²) in [6, 6.07) is -2.14. The maximum atomic E-state index is 13.0. The normalized spacial score (nSPS) is 19.5. The van der Waals surface area contributed by atoms with E-state index in [2.05, 4.69) is 25.2 Å². The molecule has 0 bridgehead atoms. The summed E-state index contributed by atoms with van der Waals surface area (Å²) in [4.78, 5) is 55.9. The number of nitrogens with one attached hydrogen (secondary N) is 2. The van der Waals surface area contributed by atoms with Gasteiger partial charge in [0.15, 0.2) is 0 Å². The standard InChI is InChI=1S/C18H23N7O4S2/c1-8-14(31-24-23-8)17(28)22-11-4-5-25(18(29)12-7-30-10(3)21-12)13(6-11)16(27)20-9(2)15(19)26/h7,9,11,13H,4-6H2,1-3H3,(H2,19,26)(H,20,27)(H,22,28). The fourth-order valence-corrected chi connectivity index (χ4v) is 4.41. The SMILES string of the molecule is Cc1nc(C(=O)N2CCC(NC(=O)c3snnc3C)CC2C(=O)NC(C)C(N)=O)cs1. The highest BCUT2D eigenvalue weighted by atomic mass is 32.1. The first-order valence-corrected chi connectivity index (χ1v) is 11.2. The molecular weight excluding hydrogens is 442 g/mol. The zero-order chi connectivity index (χ0) is 22.7. The molecule has 4 N–H and O–H groups in total. The van der Waals surface area contributed by atoms with Crippen molar-refractivity contribution in [3.8, 4) is 0 Å². The van der Waals surface area contributed by atoms with E-state index in [1.54, 1.807) is 19.2 Å². The summed E-state index contributed by atoms with van der Waals surface area (Å²) in [6.45, 7) is 5.19. The molecule has 0 saturated carbocycles. The van der Waals surface area contributed by atoms with E-state index in [4.69, 9.17) is 5.73 Å². The predicted octanol–water partition coefficient (Wildman–Crippen LogP) is 0.00464. The summed E-state index contributed by atoms with van der Waals surface area (Å²) < 4.78 is 3.76. The number of likely N-dealkylation sites (tertiary alicyclic amines) is 1. The molecule has 1 saturated heterocycles. The Morgan fingerprint density at radius 3 is 2.61 bits per heavy atom. The van der Waals surface area contributed by atoms with Crippen LogP contribution in [0.4, 0.5) is 0 Å². The van der Waals surface area contributed by atoms with E-state index < -0.39 is 23.9 Å². The van der Waals surface area contributed by atoms with E-state index in [9.17, 15) is 19.2 Å². The van der Waals surface area contributed by atoms with Gasteiger partial charge in [-0.25, -0.2) is 4.98 Å². The van der Waals surface area contributed by atoms with Gasteiger partial charge in [-0.1, -0.05) is 4.49 Å². The smallest absolute Gasteiger partial charge is 0.274 e. The number of hydrogen-bond acceptors (Lipinski definition) is 9. The minimum Gasteiger partial charge on any atom is -0.368 e. The lowest BCUT2D eigenvalue weighted by Crippen LogP contribution is -2.59. The molecule has 4 amide bonds. The second-order valence-corrected chi connectivity index (χ2v) is 9.10. The largest absolute Gasteiger partial charge is 0.368 e. The van der Waals surface area contributed by atoms with E-state index >= 15 is 0 Å². The number of nitrogens with zero attached hydrogens (tertiary/aromatic N) is 4. The van der Waals surface area contributed by atoms with Crippen LogP contribution < -0.4 is 16.4 Å². The first-order valence-electron chi connectivity index (χ1n) is 9.60. The zero-order valence-corrected chi connectivity index (χ0v) is 18.9. The van der Waals surface area contributed by atoms with Crippen LogP contribution in [0, 0.1) is 13.8 Å². The van der Waals surface area contributed by atoms with Crippen LogP contribution in [0.25, 0.3) is 0 Å². The summed E-state index contributed by atoms with van der Waals surface area (Å²) in [5.74, 6) is -1.89. The van der Waals surface area contributed by atoms with Gasteiger partial charge < -0.3 is 21.3 Å². The number of piperidine rings is 1. The number of primary amides is 1. The molecule has 2 aromatic rings. The van der Waals surface area contributed by atoms with Crippen molar-refractivity contribution in [1.29, 1.82) is 0 Å². The predicted molar refractivity (Wildman–Crippen MR) is 114 cm³/mol. The van der Waals surface area contributed by atoms with E-state index in [-0.39, 0.29) is 36.5 Å². The number of carbonyl (C=O) groups is 4. The monoisotopic (exact) mass is 465 g/mol. The lowest BCUT2D eigenvalue weighted by atomic mass is 9.95. The molecule has 0 spiro atoms. The van der Waals surface area contributed by atoms with Gasteiger partial charge in [0, 0.05) is 18.0 Å². The van der Waals surface area contributed by atoms with Crippen molar-refractivity contribution in [2.24, 2.45) is 5.73 Å². The van der Waals surface area contributed by atoms with Crippen molar-refractivity contribution < 1.29 is 19.2 Å². The molecule has 11 nitrogen and oxygen atoms in total. The highest BCUT2D eigenvalue weighted by Crippen LogP contribution is 2.22. The van der Waals surface area contributed by atoms with Crippen molar-refractivity contribution >= 4 is 46.5 Å². The van der Waals surface area contributed by atoms with Gasteiger partial charge in [-0.15, -0.1) is 16.4 Å². The molecule has 31 heavy (non-hydrogen) atoms. The zero-order valence-electron chi connectivity index (χ0n) is 17.2. The van der Waals surface area contributed by atoms with Gasteiger partial charge in [-0.2, -0.15) is 0 Å². The van der Waals surface area contributed by atoms with Crippen LogP contribution in [-0.4, -0.2) is 67.8 Å². The topological polar surface area (TPSA) is 160 Å². The van der Waals surface area contributed by atoms with E-state index in [1.165, 1.54) is 23.2 Å². The van der Waals surface area contributed by atoms with E-state index in [1.807, 2.05) is 0 Å². The van der Waals surface area contributed by atoms with Crippen LogP contribution in [-0.2, 0) is 9.59 Å². The summed E-state index contributed by atoms with van der Waals surface area (Å²) in [7, 11) is 0. The summed E-state index contributed by atoms with van der Waals surface area (Å²) in [5, 5.41) is 11.7. The Hall–Kier alpha value is -2.93. The number of amides is 4. The average molecular weight is 466 g/mol. The highest BCUT2D eigenvalue weighted by molar-refractivity contribution is 7.09. The number of nitrogens with two attached hydrogens (primary N) is 1. The van der Waals surface area contributed by atoms with Gasteiger partial charge in [0.1, 0.15) is 22.7 Å². The number of rotatable bonds is 6. The van der Waals surface area contributed by atoms with Gasteiger partial charge >= 0.3 is 0 Å². The molecule has 1 fully saturated rings. The third kappa shape index (κ3) is 5.22. The molecule has 1 aliphatic rings. The Bertz CT molecular complexity index is 1000. The maximum absolute atomic E-state index is 13.0. The van der Waals surface area contributed by atoms with Crippen LogP contribution in [0.2, 0.25) is 0 Å². The minimum absolute atomic E-state index is 0.184. The quantitative estimate of drug-likeness (QED) is 0.541. The fraction of sp³-hybridized carbons (Fsp3) is 0.500. The number of aromatic nitrogens is 3. The van der Waals surface area contributed by atoms with E-state index in [0.29, 0.717) is 17.0 Å². The lowest BCUT2D eigenvalue weighted by molar-refractivity contribution is -0.131. The first-order chi connectivity index (χ1) is 14.7. The summed E-state index contributed by atoms with van der Waals surface area (Å²) >= 11 is 2.34. The molecule has 0 radical (unpaired) electrons. The number of carbonyl (C=O) groups excluding carboxylic acids is 4. The molecule has 3 unspecified atom stereocenters. The molecule has 2 aromatic heterocycles. The van der Waals surface area contributed by atoms with Gasteiger partial charge in [-0.05, 0) is 45.1 Å². The third-order valence-electron chi connectivity index (χ3n) is 4.98. The number of hydrogen-bond donors (Lipinski definition) is 3. The van der Waals surface area contributed by atoms with Crippen LogP contribution in [0.1, 0.15) is 50.6 Å². The maximum Gasteiger partial charge on any atom is 0.274 e. The Balaban J connectivity index is 1.78. The van der Waals surface area contributed by atoms with Crippen molar-refractivity contribution in [2.45, 2.75) is 51.7 Å². The molecule has 0 aliphatic carbocycles. The Kier molecular flexibility index (Phi) is 6.95. The second kappa shape index (κ2) is 9.47. The van der Waals surface area contributed by atoms with Gasteiger partial charge in [0.2, 0.25) is 11.8 Å². The van der Waals surface area contributed by atoms with Crippen LogP contribution >= 0.6 is 22.9 Å². The van der Waals surface area contributed by atoms with Gasteiger partial charge in [0.25, 0.3) is 11.8 Å². The number of aryl methyl sites for hydroxylation is 2. The fourth-order valence-electron chi connectivity index (χ4n) is 3.27. The van der Waals surface area contributed by atoms with Crippen LogP contribution in [0.15, 0.2) is 5.38 Å². The van der Waals surface area contributed by atoms with Crippen LogP contribution in [0.3, 0.4) is 0 Å². The molecular formula is C18H23N7O4S2. The minimum atomic E-state index is -0.896. The second-order valence-electron chi connectivity index (χ2n) is 7.28. The molecule has 3 atom stereocenters. The third-order valence-corrected chi connectivity index (χ3v) is 6.58. The van der Waals surface area contributed by atoms with Crippen molar-refractivity contribution in [3.05, 3.63) is 26.7 Å². The molecule has 3 heterocycles. The van der Waals surface area contributed by atoms with Crippen molar-refractivity contribution in [1.82, 2.24) is 30.1 Å². The molecule has 1 aliphatic heterocycles. The van der Waals surface area contributed by atoms with Crippen molar-refractivity contribution in [2.75, 3.05) is 6.54 Å². The van der Waals surface area contributed by atoms with Crippen molar-refractivity contribution in [3.63, 3.8) is 0 Å². The lowest BCUT2D eigenvalue weighted by Gasteiger charge is -2.38. The molecule has 3 rings (SSSR count).